The number of anilines is 1. The molecule has 0 saturated carbocycles. The van der Waals surface area contributed by atoms with Crippen LogP contribution in [0, 0.1) is 6.92 Å². The Morgan fingerprint density at radius 2 is 2.18 bits per heavy atom. The van der Waals surface area contributed by atoms with Crippen LogP contribution in [0.1, 0.15) is 15.2 Å². The number of carbonyl (C=O) groups excluding carboxylic acids is 2. The fourth-order valence-corrected chi connectivity index (χ4v) is 2.49. The predicted molar refractivity (Wildman–Crippen MR) is 78.3 cm³/mol. The van der Waals surface area contributed by atoms with Crippen molar-refractivity contribution in [3.8, 4) is 11.5 Å². The van der Waals surface area contributed by atoms with Gasteiger partial charge in [0.05, 0.1) is 5.56 Å². The van der Waals surface area contributed by atoms with Gasteiger partial charge in [0, 0.05) is 11.1 Å². The molecule has 0 bridgehead atoms. The molecule has 1 N–H and O–H groups in total. The monoisotopic (exact) mass is 320 g/mol. The van der Waals surface area contributed by atoms with Crippen molar-refractivity contribution >= 4 is 28.3 Å². The third-order valence-electron chi connectivity index (χ3n) is 2.81. The number of carbonyl (C=O) groups is 2. The molecule has 22 heavy (non-hydrogen) atoms. The first-order valence-electron chi connectivity index (χ1n) is 6.41. The van der Waals surface area contributed by atoms with Crippen LogP contribution in [0.5, 0.6) is 11.5 Å². The highest BCUT2D eigenvalue weighted by Crippen LogP contribution is 2.32. The lowest BCUT2D eigenvalue weighted by Crippen LogP contribution is -2.20. The Hall–Kier alpha value is -2.61. The summed E-state index contributed by atoms with van der Waals surface area (Å²) in [4.78, 5) is 28.5. The van der Waals surface area contributed by atoms with E-state index in [-0.39, 0.29) is 13.4 Å². The largest absolute Gasteiger partial charge is 0.454 e. The maximum Gasteiger partial charge on any atom is 0.338 e. The van der Waals surface area contributed by atoms with Gasteiger partial charge in [-0.05, 0) is 25.1 Å². The molecule has 1 aromatic carbocycles. The fraction of sp³-hybridized carbons (Fsp3) is 0.214. The maximum atomic E-state index is 11.9. The quantitative estimate of drug-likeness (QED) is 0.867. The minimum Gasteiger partial charge on any atom is -0.454 e. The molecule has 1 aliphatic rings. The van der Waals surface area contributed by atoms with E-state index in [1.165, 1.54) is 17.4 Å². The number of amides is 1. The number of aryl methyl sites for hydroxylation is 1. The standard InChI is InChI=1S/C14H12N2O5S/c1-8-5-15-14(22-8)16-12(17)6-19-13(18)9-2-3-10-11(4-9)21-7-20-10/h2-5H,6-7H2,1H3,(H,15,16,17). The fourth-order valence-electron chi connectivity index (χ4n) is 1.81. The van der Waals surface area contributed by atoms with E-state index >= 15 is 0 Å². The maximum absolute atomic E-state index is 11.9. The Kier molecular flexibility index (Phi) is 3.92. The number of esters is 1. The van der Waals surface area contributed by atoms with Gasteiger partial charge in [-0.25, -0.2) is 9.78 Å². The molecule has 1 amide bonds. The molecule has 7 nitrogen and oxygen atoms in total. The van der Waals surface area contributed by atoms with Gasteiger partial charge in [-0.15, -0.1) is 11.3 Å². The van der Waals surface area contributed by atoms with Gasteiger partial charge in [-0.3, -0.25) is 10.1 Å². The highest BCUT2D eigenvalue weighted by atomic mass is 32.1. The third kappa shape index (κ3) is 3.17. The Balaban J connectivity index is 1.54. The molecule has 0 fully saturated rings. The number of thiazole rings is 1. The zero-order valence-electron chi connectivity index (χ0n) is 11.6. The Labute approximate surface area is 129 Å². The molecule has 8 heteroatoms. The molecule has 3 rings (SSSR count). The van der Waals surface area contributed by atoms with Crippen LogP contribution in [-0.2, 0) is 9.53 Å². The van der Waals surface area contributed by atoms with E-state index in [1.54, 1.807) is 18.3 Å². The van der Waals surface area contributed by atoms with Gasteiger partial charge in [-0.1, -0.05) is 0 Å². The second-order valence-electron chi connectivity index (χ2n) is 4.47. The Morgan fingerprint density at radius 1 is 1.36 bits per heavy atom. The Morgan fingerprint density at radius 3 is 2.95 bits per heavy atom. The summed E-state index contributed by atoms with van der Waals surface area (Å²) in [5.74, 6) is 0.0119. The molecule has 1 aliphatic heterocycles. The van der Waals surface area contributed by atoms with E-state index in [0.717, 1.165) is 4.88 Å². The van der Waals surface area contributed by atoms with E-state index in [9.17, 15) is 9.59 Å². The smallest absolute Gasteiger partial charge is 0.338 e. The van der Waals surface area contributed by atoms with Gasteiger partial charge in [0.25, 0.3) is 5.91 Å². The zero-order chi connectivity index (χ0) is 15.5. The number of nitrogens with zero attached hydrogens (tertiary/aromatic N) is 1. The number of fused-ring (bicyclic) bond motifs is 1. The molecule has 0 saturated heterocycles. The van der Waals surface area contributed by atoms with Crippen LogP contribution in [0.15, 0.2) is 24.4 Å². The Bertz CT molecular complexity index is 728. The number of benzene rings is 1. The van der Waals surface area contributed by atoms with Gasteiger partial charge in [-0.2, -0.15) is 0 Å². The van der Waals surface area contributed by atoms with Gasteiger partial charge < -0.3 is 14.2 Å². The van der Waals surface area contributed by atoms with E-state index < -0.39 is 11.9 Å². The third-order valence-corrected chi connectivity index (χ3v) is 3.64. The van der Waals surface area contributed by atoms with Crippen LogP contribution in [0.3, 0.4) is 0 Å². The van der Waals surface area contributed by atoms with E-state index in [2.05, 4.69) is 10.3 Å². The number of aromatic nitrogens is 1. The van der Waals surface area contributed by atoms with Gasteiger partial charge in [0.15, 0.2) is 23.2 Å². The number of ether oxygens (including phenoxy) is 3. The van der Waals surface area contributed by atoms with Crippen molar-refractivity contribution in [2.24, 2.45) is 0 Å². The summed E-state index contributed by atoms with van der Waals surface area (Å²) in [6.07, 6.45) is 1.65. The van der Waals surface area contributed by atoms with Crippen LogP contribution in [0.4, 0.5) is 5.13 Å². The lowest BCUT2D eigenvalue weighted by atomic mass is 10.2. The van der Waals surface area contributed by atoms with Crippen LogP contribution in [0.2, 0.25) is 0 Å². The SMILES string of the molecule is Cc1cnc(NC(=O)COC(=O)c2ccc3c(c2)OCO3)s1. The van der Waals surface area contributed by atoms with E-state index in [4.69, 9.17) is 14.2 Å². The molecule has 2 aromatic rings. The normalized spacial score (nSPS) is 12.0. The molecule has 0 spiro atoms. The number of hydrogen-bond acceptors (Lipinski definition) is 7. The van der Waals surface area contributed by atoms with E-state index in [1.807, 2.05) is 6.92 Å². The second-order valence-corrected chi connectivity index (χ2v) is 5.70. The lowest BCUT2D eigenvalue weighted by molar-refractivity contribution is -0.119. The summed E-state index contributed by atoms with van der Waals surface area (Å²) in [6, 6.07) is 4.70. The summed E-state index contributed by atoms with van der Waals surface area (Å²) in [6.45, 7) is 1.63. The molecule has 0 aliphatic carbocycles. The summed E-state index contributed by atoms with van der Waals surface area (Å²) in [5, 5.41) is 3.03. The molecular formula is C14H12N2O5S. The van der Waals surface area contributed by atoms with Crippen LogP contribution in [-0.4, -0.2) is 30.3 Å². The topological polar surface area (TPSA) is 86.8 Å². The zero-order valence-corrected chi connectivity index (χ0v) is 12.4. The number of hydrogen-bond donors (Lipinski definition) is 1. The summed E-state index contributed by atoms with van der Waals surface area (Å²) >= 11 is 1.35. The van der Waals surface area contributed by atoms with Gasteiger partial charge in [0.2, 0.25) is 6.79 Å². The summed E-state index contributed by atoms with van der Waals surface area (Å²) in [7, 11) is 0. The van der Waals surface area contributed by atoms with Crippen molar-refractivity contribution < 1.29 is 23.8 Å². The predicted octanol–water partition coefficient (Wildman–Crippen LogP) is 1.98. The molecule has 0 atom stereocenters. The summed E-state index contributed by atoms with van der Waals surface area (Å²) in [5.41, 5.74) is 0.294. The van der Waals surface area contributed by atoms with Crippen molar-refractivity contribution in [3.63, 3.8) is 0 Å². The molecular weight excluding hydrogens is 308 g/mol. The van der Waals surface area contributed by atoms with Crippen LogP contribution < -0.4 is 14.8 Å². The highest BCUT2D eigenvalue weighted by Gasteiger charge is 2.17. The molecule has 2 heterocycles. The van der Waals surface area contributed by atoms with E-state index in [0.29, 0.717) is 22.2 Å². The highest BCUT2D eigenvalue weighted by molar-refractivity contribution is 7.15. The first-order valence-corrected chi connectivity index (χ1v) is 7.22. The van der Waals surface area contributed by atoms with Crippen molar-refractivity contribution in [1.82, 2.24) is 4.98 Å². The van der Waals surface area contributed by atoms with Crippen molar-refractivity contribution in [2.75, 3.05) is 18.7 Å². The molecule has 114 valence electrons. The minimum atomic E-state index is -0.608. The van der Waals surface area contributed by atoms with Gasteiger partial charge >= 0.3 is 5.97 Å². The minimum absolute atomic E-state index is 0.128. The van der Waals surface area contributed by atoms with Crippen molar-refractivity contribution in [1.29, 1.82) is 0 Å². The number of nitrogens with one attached hydrogen (secondary N) is 1. The summed E-state index contributed by atoms with van der Waals surface area (Å²) < 4.78 is 15.3. The average Bonchev–Trinajstić information content (AvgIpc) is 3.12. The van der Waals surface area contributed by atoms with Crippen LogP contribution >= 0.6 is 11.3 Å². The van der Waals surface area contributed by atoms with Crippen molar-refractivity contribution in [2.45, 2.75) is 6.92 Å². The average molecular weight is 320 g/mol. The number of rotatable bonds is 4. The van der Waals surface area contributed by atoms with Gasteiger partial charge in [0.1, 0.15) is 0 Å². The molecule has 1 aromatic heterocycles. The second kappa shape index (κ2) is 6.02. The molecule has 0 unspecified atom stereocenters. The van der Waals surface area contributed by atoms with Crippen molar-refractivity contribution in [3.05, 3.63) is 34.8 Å². The first kappa shape index (κ1) is 14.3. The molecule has 0 radical (unpaired) electrons. The first-order chi connectivity index (χ1) is 10.6. The van der Waals surface area contributed by atoms with Crippen LogP contribution in [0.25, 0.3) is 0 Å². The lowest BCUT2D eigenvalue weighted by Gasteiger charge is -2.05.